The molecule has 1 saturated heterocycles. The molecule has 1 aliphatic heterocycles. The number of carbonyl (C=O) groups excluding carboxylic acids is 2. The summed E-state index contributed by atoms with van der Waals surface area (Å²) in [7, 11) is 3.16. The van der Waals surface area contributed by atoms with Crippen LogP contribution < -0.4 is 20.1 Å². The van der Waals surface area contributed by atoms with Crippen LogP contribution in [0.4, 0.5) is 10.5 Å². The average molecular weight is 478 g/mol. The molecule has 1 aliphatic rings. The van der Waals surface area contributed by atoms with Crippen molar-refractivity contribution in [2.45, 2.75) is 18.0 Å². The topological polar surface area (TPSA) is 79.9 Å². The van der Waals surface area contributed by atoms with Gasteiger partial charge in [-0.25, -0.2) is 4.79 Å². The molecule has 3 amide bonds. The minimum atomic E-state index is -0.629. The Morgan fingerprint density at radius 2 is 1.74 bits per heavy atom. The second-order valence-electron chi connectivity index (χ2n) is 7.72. The third-order valence-corrected chi connectivity index (χ3v) is 6.89. The Balaban J connectivity index is 1.55. The van der Waals surface area contributed by atoms with Crippen molar-refractivity contribution in [1.82, 2.24) is 10.2 Å². The predicted molar refractivity (Wildman–Crippen MR) is 134 cm³/mol. The van der Waals surface area contributed by atoms with Crippen molar-refractivity contribution in [3.63, 3.8) is 0 Å². The van der Waals surface area contributed by atoms with Crippen molar-refractivity contribution >= 4 is 29.4 Å². The number of anilines is 1. The molecule has 0 unspecified atom stereocenters. The maximum atomic E-state index is 13.5. The highest BCUT2D eigenvalue weighted by Crippen LogP contribution is 2.42. The van der Waals surface area contributed by atoms with Gasteiger partial charge in [0.1, 0.15) is 22.9 Å². The van der Waals surface area contributed by atoms with Gasteiger partial charge in [-0.1, -0.05) is 54.6 Å². The van der Waals surface area contributed by atoms with E-state index in [0.717, 1.165) is 16.9 Å². The second kappa shape index (κ2) is 11.0. The molecule has 0 radical (unpaired) electrons. The monoisotopic (exact) mass is 477 g/mol. The fourth-order valence-electron chi connectivity index (χ4n) is 3.85. The Labute approximate surface area is 203 Å². The number of ether oxygens (including phenoxy) is 2. The minimum Gasteiger partial charge on any atom is -0.497 e. The Kier molecular flexibility index (Phi) is 7.59. The molecule has 176 valence electrons. The molecular formula is C26H27N3O4S. The van der Waals surface area contributed by atoms with Gasteiger partial charge in [-0.05, 0) is 35.4 Å². The van der Waals surface area contributed by atoms with Crippen LogP contribution in [0.1, 0.15) is 16.5 Å². The van der Waals surface area contributed by atoms with Crippen LogP contribution in [0.3, 0.4) is 0 Å². The zero-order valence-corrected chi connectivity index (χ0v) is 19.9. The first kappa shape index (κ1) is 23.5. The first-order valence-electron chi connectivity index (χ1n) is 10.9. The molecule has 0 aliphatic carbocycles. The Morgan fingerprint density at radius 3 is 2.50 bits per heavy atom. The second-order valence-corrected chi connectivity index (χ2v) is 8.83. The number of methoxy groups -OCH3 is 2. The molecule has 0 spiro atoms. The number of carbonyl (C=O) groups is 2. The summed E-state index contributed by atoms with van der Waals surface area (Å²) in [5, 5.41) is 5.62. The third kappa shape index (κ3) is 5.28. The van der Waals surface area contributed by atoms with Gasteiger partial charge in [-0.2, -0.15) is 0 Å². The van der Waals surface area contributed by atoms with Gasteiger partial charge in [0.25, 0.3) is 0 Å². The maximum Gasteiger partial charge on any atom is 0.323 e. The normalized spacial score (nSPS) is 17.2. The summed E-state index contributed by atoms with van der Waals surface area (Å²) in [6, 6.07) is 23.5. The number of para-hydroxylation sites is 2. The molecule has 8 heteroatoms. The zero-order chi connectivity index (χ0) is 23.9. The smallest absolute Gasteiger partial charge is 0.323 e. The van der Waals surface area contributed by atoms with Crippen molar-refractivity contribution in [2.24, 2.45) is 0 Å². The Morgan fingerprint density at radius 1 is 0.971 bits per heavy atom. The lowest BCUT2D eigenvalue weighted by atomic mass is 10.1. The largest absolute Gasteiger partial charge is 0.497 e. The van der Waals surface area contributed by atoms with E-state index < -0.39 is 6.04 Å². The number of urea groups is 1. The molecular weight excluding hydrogens is 450 g/mol. The summed E-state index contributed by atoms with van der Waals surface area (Å²) in [5.74, 6) is 1.56. The maximum absolute atomic E-state index is 13.5. The summed E-state index contributed by atoms with van der Waals surface area (Å²) < 4.78 is 10.6. The number of thioether (sulfide) groups is 1. The van der Waals surface area contributed by atoms with Crippen molar-refractivity contribution in [3.8, 4) is 11.5 Å². The fraction of sp³-hybridized carbons (Fsp3) is 0.231. The molecule has 1 fully saturated rings. The number of hydrogen-bond donors (Lipinski definition) is 2. The van der Waals surface area contributed by atoms with Crippen LogP contribution in [0.2, 0.25) is 0 Å². The van der Waals surface area contributed by atoms with Crippen LogP contribution in [0, 0.1) is 0 Å². The van der Waals surface area contributed by atoms with Gasteiger partial charge in [0.05, 0.1) is 19.9 Å². The number of nitrogens with zero attached hydrogens (tertiary/aromatic N) is 1. The van der Waals surface area contributed by atoms with Crippen molar-refractivity contribution in [2.75, 3.05) is 25.3 Å². The van der Waals surface area contributed by atoms with Crippen LogP contribution >= 0.6 is 11.8 Å². The lowest BCUT2D eigenvalue weighted by Crippen LogP contribution is -2.49. The Hall–Kier alpha value is -3.65. The van der Waals surface area contributed by atoms with Crippen LogP contribution in [-0.4, -0.2) is 42.9 Å². The van der Waals surface area contributed by atoms with E-state index in [2.05, 4.69) is 10.6 Å². The van der Waals surface area contributed by atoms with E-state index in [1.165, 1.54) is 0 Å². The standard InChI is InChI=1S/C26H27N3O4S/c1-32-20-12-8-9-18(15-20)16-27-24(30)22-17-34-25(19-10-4-3-5-11-19)29(22)26(31)28-21-13-6-7-14-23(21)33-2/h3-15,22,25H,16-17H2,1-2H3,(H,27,30)(H,28,31)/t22-,25-/m1/s1. The average Bonchev–Trinajstić information content (AvgIpc) is 3.34. The number of hydrogen-bond acceptors (Lipinski definition) is 5. The summed E-state index contributed by atoms with van der Waals surface area (Å²) in [6.07, 6.45) is 0. The summed E-state index contributed by atoms with van der Waals surface area (Å²) in [4.78, 5) is 28.3. The lowest BCUT2D eigenvalue weighted by Gasteiger charge is -2.29. The third-order valence-electron chi connectivity index (χ3n) is 5.57. The number of amides is 3. The van der Waals surface area contributed by atoms with Gasteiger partial charge in [0.2, 0.25) is 5.91 Å². The molecule has 0 aromatic heterocycles. The quantitative estimate of drug-likeness (QED) is 0.517. The SMILES string of the molecule is COc1cccc(CNC(=O)[C@H]2CS[C@H](c3ccccc3)N2C(=O)Nc2ccccc2OC)c1. The van der Waals surface area contributed by atoms with E-state index >= 15 is 0 Å². The first-order valence-corrected chi connectivity index (χ1v) is 11.9. The van der Waals surface area contributed by atoms with Crippen LogP contribution in [0.25, 0.3) is 0 Å². The van der Waals surface area contributed by atoms with E-state index in [-0.39, 0.29) is 17.3 Å². The highest BCUT2D eigenvalue weighted by Gasteiger charge is 2.42. The molecule has 3 aromatic carbocycles. The number of nitrogens with one attached hydrogen (secondary N) is 2. The molecule has 7 nitrogen and oxygen atoms in total. The van der Waals surface area contributed by atoms with Crippen molar-refractivity contribution in [3.05, 3.63) is 90.0 Å². The van der Waals surface area contributed by atoms with Gasteiger partial charge in [-0.15, -0.1) is 11.8 Å². The van der Waals surface area contributed by atoms with E-state index in [1.807, 2.05) is 66.7 Å². The molecule has 3 aromatic rings. The number of rotatable bonds is 7. The molecule has 1 heterocycles. The van der Waals surface area contributed by atoms with Crippen molar-refractivity contribution in [1.29, 1.82) is 0 Å². The zero-order valence-electron chi connectivity index (χ0n) is 19.1. The molecule has 34 heavy (non-hydrogen) atoms. The molecule has 2 atom stereocenters. The first-order chi connectivity index (χ1) is 16.6. The van der Waals surface area contributed by atoms with E-state index in [1.54, 1.807) is 43.0 Å². The van der Waals surface area contributed by atoms with Crippen LogP contribution in [0.5, 0.6) is 11.5 Å². The summed E-state index contributed by atoms with van der Waals surface area (Å²) in [6.45, 7) is 0.342. The molecule has 0 saturated carbocycles. The molecule has 2 N–H and O–H groups in total. The van der Waals surface area contributed by atoms with Gasteiger partial charge in [-0.3, -0.25) is 9.69 Å². The molecule has 0 bridgehead atoms. The summed E-state index contributed by atoms with van der Waals surface area (Å²) >= 11 is 1.57. The minimum absolute atomic E-state index is 0.205. The summed E-state index contributed by atoms with van der Waals surface area (Å²) in [5.41, 5.74) is 2.43. The van der Waals surface area contributed by atoms with Gasteiger partial charge in [0.15, 0.2) is 0 Å². The predicted octanol–water partition coefficient (Wildman–Crippen LogP) is 4.67. The fourth-order valence-corrected chi connectivity index (χ4v) is 5.28. The van der Waals surface area contributed by atoms with Crippen LogP contribution in [-0.2, 0) is 11.3 Å². The van der Waals surface area contributed by atoms with Crippen LogP contribution in [0.15, 0.2) is 78.9 Å². The highest BCUT2D eigenvalue weighted by molar-refractivity contribution is 7.99. The van der Waals surface area contributed by atoms with E-state index in [4.69, 9.17) is 9.47 Å². The Bertz CT molecular complexity index is 1140. The van der Waals surface area contributed by atoms with Crippen molar-refractivity contribution < 1.29 is 19.1 Å². The van der Waals surface area contributed by atoms with Gasteiger partial charge in [0, 0.05) is 12.3 Å². The molecule has 4 rings (SSSR count). The highest BCUT2D eigenvalue weighted by atomic mass is 32.2. The lowest BCUT2D eigenvalue weighted by molar-refractivity contribution is -0.124. The van der Waals surface area contributed by atoms with E-state index in [0.29, 0.717) is 23.7 Å². The van der Waals surface area contributed by atoms with Gasteiger partial charge >= 0.3 is 6.03 Å². The van der Waals surface area contributed by atoms with E-state index in [9.17, 15) is 9.59 Å². The number of benzene rings is 3. The van der Waals surface area contributed by atoms with Gasteiger partial charge < -0.3 is 20.1 Å².